The molecule has 0 fully saturated rings. The largest absolute Gasteiger partial charge is 0.466 e. The van der Waals surface area contributed by atoms with Crippen molar-refractivity contribution >= 4 is 11.3 Å². The molecule has 0 aromatic carbocycles. The van der Waals surface area contributed by atoms with Gasteiger partial charge in [-0.25, -0.2) is 0 Å². The van der Waals surface area contributed by atoms with E-state index in [1.54, 1.807) is 11.3 Å². The molecule has 0 aliphatic heterocycles. The Morgan fingerprint density at radius 2 is 2.12 bits per heavy atom. The number of nitrogens with zero attached hydrogens (tertiary/aromatic N) is 1. The average molecular weight is 236 g/mol. The highest BCUT2D eigenvalue weighted by Gasteiger charge is 2.18. The first-order chi connectivity index (χ1) is 7.59. The minimum absolute atomic E-state index is 0.00194. The van der Waals surface area contributed by atoms with Gasteiger partial charge in [-0.1, -0.05) is 0 Å². The van der Waals surface area contributed by atoms with Crippen LogP contribution in [-0.2, 0) is 6.42 Å². The standard InChI is InChI=1S/C12H16N2OS/c1-7-8(2)15-9(3)12(7)11(13)4-10-5-14-6-16-10/h5-6,11H,4,13H2,1-3H3. The number of hydrogen-bond donors (Lipinski definition) is 1. The molecule has 4 heteroatoms. The smallest absolute Gasteiger partial charge is 0.106 e. The van der Waals surface area contributed by atoms with Gasteiger partial charge >= 0.3 is 0 Å². The Kier molecular flexibility index (Phi) is 3.12. The lowest BCUT2D eigenvalue weighted by molar-refractivity contribution is 0.496. The van der Waals surface area contributed by atoms with Gasteiger partial charge in [-0.2, -0.15) is 0 Å². The molecule has 0 saturated carbocycles. The number of nitrogens with two attached hydrogens (primary N) is 1. The van der Waals surface area contributed by atoms with Crippen molar-refractivity contribution in [3.63, 3.8) is 0 Å². The van der Waals surface area contributed by atoms with E-state index in [0.29, 0.717) is 0 Å². The zero-order chi connectivity index (χ0) is 11.7. The summed E-state index contributed by atoms with van der Waals surface area (Å²) in [5.74, 6) is 1.90. The molecular formula is C12H16N2OS. The molecule has 0 bridgehead atoms. The summed E-state index contributed by atoms with van der Waals surface area (Å²) in [5.41, 5.74) is 10.4. The first kappa shape index (κ1) is 11.4. The van der Waals surface area contributed by atoms with Gasteiger partial charge in [0.15, 0.2) is 0 Å². The van der Waals surface area contributed by atoms with Gasteiger partial charge < -0.3 is 10.2 Å². The Morgan fingerprint density at radius 1 is 1.38 bits per heavy atom. The van der Waals surface area contributed by atoms with Crippen molar-refractivity contribution in [2.75, 3.05) is 0 Å². The van der Waals surface area contributed by atoms with Crippen LogP contribution in [0.3, 0.4) is 0 Å². The molecule has 0 amide bonds. The van der Waals surface area contributed by atoms with E-state index in [9.17, 15) is 0 Å². The molecule has 2 N–H and O–H groups in total. The van der Waals surface area contributed by atoms with Crippen LogP contribution < -0.4 is 5.73 Å². The third kappa shape index (κ3) is 2.03. The van der Waals surface area contributed by atoms with E-state index in [0.717, 1.165) is 23.5 Å². The van der Waals surface area contributed by atoms with E-state index in [4.69, 9.17) is 10.2 Å². The quantitative estimate of drug-likeness (QED) is 0.891. The fraction of sp³-hybridized carbons (Fsp3) is 0.417. The van der Waals surface area contributed by atoms with Crippen molar-refractivity contribution in [3.8, 4) is 0 Å². The van der Waals surface area contributed by atoms with Gasteiger partial charge in [-0.05, 0) is 26.3 Å². The molecule has 1 atom stereocenters. The molecule has 2 aromatic rings. The fourth-order valence-corrected chi connectivity index (χ4v) is 2.67. The lowest BCUT2D eigenvalue weighted by atomic mass is 10.00. The van der Waals surface area contributed by atoms with Crippen molar-refractivity contribution in [1.29, 1.82) is 0 Å². The summed E-state index contributed by atoms with van der Waals surface area (Å²) in [6.45, 7) is 6.01. The first-order valence-corrected chi connectivity index (χ1v) is 6.17. The van der Waals surface area contributed by atoms with Crippen molar-refractivity contribution in [2.24, 2.45) is 5.73 Å². The SMILES string of the molecule is Cc1oc(C)c(C(N)Cc2cncs2)c1C. The summed E-state index contributed by atoms with van der Waals surface area (Å²) in [5, 5.41) is 0. The van der Waals surface area contributed by atoms with Gasteiger partial charge in [-0.3, -0.25) is 4.98 Å². The lowest BCUT2D eigenvalue weighted by Gasteiger charge is -2.10. The number of aryl methyl sites for hydroxylation is 2. The van der Waals surface area contributed by atoms with E-state index < -0.39 is 0 Å². The maximum atomic E-state index is 6.22. The second-order valence-electron chi connectivity index (χ2n) is 4.03. The molecule has 16 heavy (non-hydrogen) atoms. The van der Waals surface area contributed by atoms with Gasteiger partial charge in [-0.15, -0.1) is 11.3 Å². The average Bonchev–Trinajstić information content (AvgIpc) is 2.77. The maximum absolute atomic E-state index is 6.22. The molecule has 2 aromatic heterocycles. The Morgan fingerprint density at radius 3 is 2.62 bits per heavy atom. The third-order valence-electron chi connectivity index (χ3n) is 2.89. The van der Waals surface area contributed by atoms with E-state index in [2.05, 4.69) is 11.9 Å². The number of rotatable bonds is 3. The summed E-state index contributed by atoms with van der Waals surface area (Å²) in [4.78, 5) is 5.27. The van der Waals surface area contributed by atoms with Crippen molar-refractivity contribution < 1.29 is 4.42 Å². The van der Waals surface area contributed by atoms with Crippen LogP contribution in [0.4, 0.5) is 0 Å². The van der Waals surface area contributed by atoms with Crippen LogP contribution >= 0.6 is 11.3 Å². The molecule has 2 heterocycles. The highest BCUT2D eigenvalue weighted by atomic mass is 32.1. The fourth-order valence-electron chi connectivity index (χ4n) is 2.02. The summed E-state index contributed by atoms with van der Waals surface area (Å²) in [7, 11) is 0. The van der Waals surface area contributed by atoms with Gasteiger partial charge in [0.25, 0.3) is 0 Å². The molecular weight excluding hydrogens is 220 g/mol. The highest BCUT2D eigenvalue weighted by molar-refractivity contribution is 7.09. The molecule has 0 saturated heterocycles. The summed E-state index contributed by atoms with van der Waals surface area (Å²) in [6.07, 6.45) is 2.70. The molecule has 2 rings (SSSR count). The van der Waals surface area contributed by atoms with Crippen LogP contribution in [0, 0.1) is 20.8 Å². The van der Waals surface area contributed by atoms with Gasteiger partial charge in [0.1, 0.15) is 11.5 Å². The molecule has 86 valence electrons. The van der Waals surface area contributed by atoms with Crippen LogP contribution in [0.25, 0.3) is 0 Å². The minimum atomic E-state index is -0.00194. The van der Waals surface area contributed by atoms with Crippen LogP contribution in [0.2, 0.25) is 0 Å². The van der Waals surface area contributed by atoms with E-state index >= 15 is 0 Å². The van der Waals surface area contributed by atoms with E-state index in [1.165, 1.54) is 10.4 Å². The van der Waals surface area contributed by atoms with Gasteiger partial charge in [0, 0.05) is 29.1 Å². The molecule has 0 radical (unpaired) electrons. The van der Waals surface area contributed by atoms with Crippen LogP contribution in [0.1, 0.15) is 33.6 Å². The zero-order valence-corrected chi connectivity index (χ0v) is 10.6. The maximum Gasteiger partial charge on any atom is 0.106 e. The number of hydrogen-bond acceptors (Lipinski definition) is 4. The Labute approximate surface area is 99.3 Å². The van der Waals surface area contributed by atoms with Crippen LogP contribution in [0.5, 0.6) is 0 Å². The Balaban J connectivity index is 2.24. The monoisotopic (exact) mass is 236 g/mol. The van der Waals surface area contributed by atoms with Crippen LogP contribution in [-0.4, -0.2) is 4.98 Å². The van der Waals surface area contributed by atoms with Crippen molar-refractivity contribution in [1.82, 2.24) is 4.98 Å². The predicted octanol–water partition coefficient (Wildman–Crippen LogP) is 2.90. The van der Waals surface area contributed by atoms with Crippen LogP contribution in [0.15, 0.2) is 16.1 Å². The molecule has 0 aliphatic carbocycles. The predicted molar refractivity (Wildman–Crippen MR) is 65.7 cm³/mol. The molecule has 3 nitrogen and oxygen atoms in total. The molecule has 1 unspecified atom stereocenters. The first-order valence-electron chi connectivity index (χ1n) is 5.29. The van der Waals surface area contributed by atoms with Crippen molar-refractivity contribution in [3.05, 3.63) is 39.2 Å². The molecule has 0 spiro atoms. The van der Waals surface area contributed by atoms with Gasteiger partial charge in [0.05, 0.1) is 5.51 Å². The number of furan rings is 1. The lowest BCUT2D eigenvalue weighted by Crippen LogP contribution is -2.14. The van der Waals surface area contributed by atoms with Gasteiger partial charge in [0.2, 0.25) is 0 Å². The topological polar surface area (TPSA) is 52.0 Å². The number of thiazole rings is 1. The highest BCUT2D eigenvalue weighted by Crippen LogP contribution is 2.28. The zero-order valence-electron chi connectivity index (χ0n) is 9.78. The minimum Gasteiger partial charge on any atom is -0.466 e. The molecule has 0 aliphatic rings. The van der Waals surface area contributed by atoms with E-state index in [1.807, 2.05) is 25.6 Å². The second-order valence-corrected chi connectivity index (χ2v) is 5.00. The Hall–Kier alpha value is -1.13. The normalized spacial score (nSPS) is 13.0. The summed E-state index contributed by atoms with van der Waals surface area (Å²) >= 11 is 1.64. The Bertz CT molecular complexity index is 473. The second kappa shape index (κ2) is 4.39. The number of aromatic nitrogens is 1. The summed E-state index contributed by atoms with van der Waals surface area (Å²) < 4.78 is 5.59. The third-order valence-corrected chi connectivity index (χ3v) is 3.69. The van der Waals surface area contributed by atoms with Crippen molar-refractivity contribution in [2.45, 2.75) is 33.2 Å². The van der Waals surface area contributed by atoms with E-state index in [-0.39, 0.29) is 6.04 Å². The summed E-state index contributed by atoms with van der Waals surface area (Å²) in [6, 6.07) is -0.00194.